The van der Waals surface area contributed by atoms with Crippen LogP contribution in [0.3, 0.4) is 0 Å². The molecular formula is C13H26N2S. The fraction of sp³-hybridized carbons (Fsp3) is 1.00. The van der Waals surface area contributed by atoms with Gasteiger partial charge in [-0.25, -0.2) is 0 Å². The summed E-state index contributed by atoms with van der Waals surface area (Å²) >= 11 is 2.12. The van der Waals surface area contributed by atoms with Gasteiger partial charge in [0.1, 0.15) is 0 Å². The van der Waals surface area contributed by atoms with E-state index in [0.29, 0.717) is 6.04 Å². The van der Waals surface area contributed by atoms with Crippen molar-refractivity contribution < 1.29 is 0 Å². The Bertz CT molecular complexity index is 204. The molecule has 1 aliphatic carbocycles. The third-order valence-corrected chi connectivity index (χ3v) is 5.09. The Labute approximate surface area is 105 Å². The summed E-state index contributed by atoms with van der Waals surface area (Å²) in [6.45, 7) is 8.47. The molecule has 0 spiro atoms. The molecule has 1 saturated carbocycles. The van der Waals surface area contributed by atoms with Crippen molar-refractivity contribution in [2.75, 3.05) is 25.4 Å². The van der Waals surface area contributed by atoms with E-state index >= 15 is 0 Å². The molecule has 2 atom stereocenters. The average Bonchev–Trinajstić information content (AvgIpc) is 2.78. The highest BCUT2D eigenvalue weighted by atomic mass is 32.2. The molecule has 1 heterocycles. The number of hydrogen-bond donors (Lipinski definition) is 1. The van der Waals surface area contributed by atoms with E-state index in [4.69, 9.17) is 0 Å². The maximum absolute atomic E-state index is 3.75. The molecule has 2 aliphatic rings. The molecule has 0 aromatic rings. The van der Waals surface area contributed by atoms with Crippen molar-refractivity contribution >= 4 is 11.8 Å². The first-order valence-electron chi connectivity index (χ1n) is 6.84. The highest BCUT2D eigenvalue weighted by molar-refractivity contribution is 7.99. The zero-order valence-electron chi connectivity index (χ0n) is 10.7. The van der Waals surface area contributed by atoms with E-state index in [0.717, 1.165) is 11.3 Å². The summed E-state index contributed by atoms with van der Waals surface area (Å²) < 4.78 is 0. The van der Waals surface area contributed by atoms with Crippen LogP contribution in [0.25, 0.3) is 0 Å². The Hall–Kier alpha value is 0.270. The zero-order valence-corrected chi connectivity index (χ0v) is 11.6. The van der Waals surface area contributed by atoms with Gasteiger partial charge in [0.05, 0.1) is 0 Å². The van der Waals surface area contributed by atoms with Gasteiger partial charge in [0.2, 0.25) is 0 Å². The van der Waals surface area contributed by atoms with Crippen molar-refractivity contribution in [3.8, 4) is 0 Å². The summed E-state index contributed by atoms with van der Waals surface area (Å²) in [6.07, 6.45) is 5.67. The van der Waals surface area contributed by atoms with Crippen LogP contribution in [-0.2, 0) is 0 Å². The Balaban J connectivity index is 1.67. The summed E-state index contributed by atoms with van der Waals surface area (Å²) in [5.41, 5.74) is 0. The molecule has 2 rings (SSSR count). The van der Waals surface area contributed by atoms with Crippen LogP contribution in [0.2, 0.25) is 0 Å². The monoisotopic (exact) mass is 242 g/mol. The summed E-state index contributed by atoms with van der Waals surface area (Å²) in [5.74, 6) is 1.31. The maximum Gasteiger partial charge on any atom is 0.0193 e. The zero-order chi connectivity index (χ0) is 11.4. The number of nitrogens with one attached hydrogen (secondary N) is 1. The Morgan fingerprint density at radius 1 is 1.38 bits per heavy atom. The van der Waals surface area contributed by atoms with Crippen molar-refractivity contribution in [3.63, 3.8) is 0 Å². The van der Waals surface area contributed by atoms with Crippen molar-refractivity contribution in [3.05, 3.63) is 0 Å². The molecule has 2 fully saturated rings. The first-order chi connectivity index (χ1) is 7.75. The van der Waals surface area contributed by atoms with E-state index in [1.807, 2.05) is 0 Å². The van der Waals surface area contributed by atoms with Crippen molar-refractivity contribution in [1.82, 2.24) is 10.2 Å². The highest BCUT2D eigenvalue weighted by Gasteiger charge is 2.22. The minimum Gasteiger partial charge on any atom is -0.312 e. The van der Waals surface area contributed by atoms with E-state index in [1.165, 1.54) is 51.1 Å². The molecule has 2 nitrogen and oxygen atoms in total. The Morgan fingerprint density at radius 3 is 2.81 bits per heavy atom. The largest absolute Gasteiger partial charge is 0.312 e. The van der Waals surface area contributed by atoms with Crippen LogP contribution < -0.4 is 5.32 Å². The van der Waals surface area contributed by atoms with Crippen LogP contribution in [0.1, 0.15) is 39.5 Å². The van der Waals surface area contributed by atoms with Gasteiger partial charge in [0, 0.05) is 42.7 Å². The summed E-state index contributed by atoms with van der Waals surface area (Å²) in [5, 5.41) is 4.57. The molecule has 3 heteroatoms. The quantitative estimate of drug-likeness (QED) is 0.814. The second-order valence-corrected chi connectivity index (χ2v) is 6.96. The van der Waals surface area contributed by atoms with E-state index in [1.54, 1.807) is 0 Å². The van der Waals surface area contributed by atoms with Gasteiger partial charge < -0.3 is 5.32 Å². The second kappa shape index (κ2) is 6.27. The van der Waals surface area contributed by atoms with Crippen molar-refractivity contribution in [2.24, 2.45) is 0 Å². The predicted molar refractivity (Wildman–Crippen MR) is 73.2 cm³/mol. The molecule has 1 aliphatic heterocycles. The molecule has 0 amide bonds. The molecule has 2 unspecified atom stereocenters. The van der Waals surface area contributed by atoms with Crippen LogP contribution in [0.5, 0.6) is 0 Å². The summed E-state index contributed by atoms with van der Waals surface area (Å²) in [4.78, 5) is 2.66. The molecule has 0 radical (unpaired) electrons. The standard InChI is InChI=1S/C13H26N2S/c1-11(9-14-13-5-3-4-6-13)15-7-8-16-12(2)10-15/h11-14H,3-10H2,1-2H3. The molecule has 1 N–H and O–H groups in total. The summed E-state index contributed by atoms with van der Waals surface area (Å²) in [6, 6.07) is 1.53. The lowest BCUT2D eigenvalue weighted by atomic mass is 10.2. The van der Waals surface area contributed by atoms with Crippen LogP contribution in [0, 0.1) is 0 Å². The molecule has 0 aromatic heterocycles. The van der Waals surface area contributed by atoms with Gasteiger partial charge in [-0.2, -0.15) is 11.8 Å². The number of thioether (sulfide) groups is 1. The lowest BCUT2D eigenvalue weighted by Crippen LogP contribution is -2.47. The Kier molecular flexibility index (Phi) is 4.98. The van der Waals surface area contributed by atoms with Crippen LogP contribution in [0.4, 0.5) is 0 Å². The van der Waals surface area contributed by atoms with Crippen molar-refractivity contribution in [2.45, 2.75) is 56.9 Å². The van der Waals surface area contributed by atoms with Gasteiger partial charge in [0.25, 0.3) is 0 Å². The highest BCUT2D eigenvalue weighted by Crippen LogP contribution is 2.20. The second-order valence-electron chi connectivity index (χ2n) is 5.41. The number of nitrogens with zero attached hydrogens (tertiary/aromatic N) is 1. The maximum atomic E-state index is 3.75. The van der Waals surface area contributed by atoms with E-state index in [2.05, 4.69) is 35.8 Å². The van der Waals surface area contributed by atoms with Gasteiger partial charge in [-0.05, 0) is 19.8 Å². The smallest absolute Gasteiger partial charge is 0.0193 e. The first kappa shape index (κ1) is 12.7. The van der Waals surface area contributed by atoms with E-state index < -0.39 is 0 Å². The molecule has 1 saturated heterocycles. The molecule has 94 valence electrons. The fourth-order valence-corrected chi connectivity index (χ4v) is 3.88. The van der Waals surface area contributed by atoms with E-state index in [9.17, 15) is 0 Å². The molecule has 0 bridgehead atoms. The lowest BCUT2D eigenvalue weighted by Gasteiger charge is -2.35. The SMILES string of the molecule is CC1CN(C(C)CNC2CCCC2)CCS1. The minimum absolute atomic E-state index is 0.712. The lowest BCUT2D eigenvalue weighted by molar-refractivity contribution is 0.209. The van der Waals surface area contributed by atoms with Crippen LogP contribution in [-0.4, -0.2) is 47.6 Å². The Morgan fingerprint density at radius 2 is 2.12 bits per heavy atom. The number of hydrogen-bond acceptors (Lipinski definition) is 3. The summed E-state index contributed by atoms with van der Waals surface area (Å²) in [7, 11) is 0. The first-order valence-corrected chi connectivity index (χ1v) is 7.89. The molecule has 0 aromatic carbocycles. The van der Waals surface area contributed by atoms with Gasteiger partial charge in [-0.3, -0.25) is 4.90 Å². The van der Waals surface area contributed by atoms with Crippen LogP contribution >= 0.6 is 11.8 Å². The molecular weight excluding hydrogens is 216 g/mol. The minimum atomic E-state index is 0.712. The third-order valence-electron chi connectivity index (χ3n) is 3.95. The average molecular weight is 242 g/mol. The fourth-order valence-electron chi connectivity index (χ4n) is 2.84. The van der Waals surface area contributed by atoms with Gasteiger partial charge >= 0.3 is 0 Å². The normalized spacial score (nSPS) is 30.8. The van der Waals surface area contributed by atoms with Crippen molar-refractivity contribution in [1.29, 1.82) is 0 Å². The van der Waals surface area contributed by atoms with Gasteiger partial charge in [-0.15, -0.1) is 0 Å². The van der Waals surface area contributed by atoms with Crippen LogP contribution in [0.15, 0.2) is 0 Å². The third kappa shape index (κ3) is 3.64. The van der Waals surface area contributed by atoms with E-state index in [-0.39, 0.29) is 0 Å². The van der Waals surface area contributed by atoms with Gasteiger partial charge in [0.15, 0.2) is 0 Å². The number of rotatable bonds is 4. The van der Waals surface area contributed by atoms with Gasteiger partial charge in [-0.1, -0.05) is 19.8 Å². The molecule has 16 heavy (non-hydrogen) atoms. The topological polar surface area (TPSA) is 15.3 Å². The predicted octanol–water partition coefficient (Wildman–Crippen LogP) is 2.34.